The van der Waals surface area contributed by atoms with Crippen molar-refractivity contribution in [3.63, 3.8) is 0 Å². The van der Waals surface area contributed by atoms with Crippen molar-refractivity contribution in [1.82, 2.24) is 0 Å². The molecule has 0 aliphatic heterocycles. The van der Waals surface area contributed by atoms with Crippen LogP contribution in [0.15, 0.2) is 59.6 Å². The Bertz CT molecular complexity index is 803. The standard InChI is InChI=1S/C23H27NO/c1-4-7-23(24-3)22-15-19(25)13-12-18(22)14-21-16(2)10-11-17-8-5-6-9-20(17)21/h4-9,12-13,15-16,21,25H,10-11,14H2,1-3H3/b7-4-,24-23?/t16?,21-/m1/s1. The third kappa shape index (κ3) is 3.68. The van der Waals surface area contributed by atoms with Crippen LogP contribution in [-0.2, 0) is 12.8 Å². The molecule has 3 rings (SSSR count). The van der Waals surface area contributed by atoms with E-state index >= 15 is 0 Å². The molecule has 25 heavy (non-hydrogen) atoms. The first-order valence-electron chi connectivity index (χ1n) is 9.13. The van der Waals surface area contributed by atoms with E-state index in [4.69, 9.17) is 0 Å². The van der Waals surface area contributed by atoms with Crippen LogP contribution < -0.4 is 0 Å². The van der Waals surface area contributed by atoms with E-state index in [2.05, 4.69) is 42.2 Å². The summed E-state index contributed by atoms with van der Waals surface area (Å²) >= 11 is 0. The second-order valence-electron chi connectivity index (χ2n) is 6.98. The van der Waals surface area contributed by atoms with Crippen LogP contribution in [0.1, 0.15) is 48.4 Å². The van der Waals surface area contributed by atoms with Crippen LogP contribution in [0.3, 0.4) is 0 Å². The van der Waals surface area contributed by atoms with E-state index in [1.165, 1.54) is 29.5 Å². The number of phenolic OH excluding ortho intramolecular Hbond substituents is 1. The van der Waals surface area contributed by atoms with Gasteiger partial charge in [-0.2, -0.15) is 0 Å². The molecule has 0 saturated heterocycles. The molecule has 0 saturated carbocycles. The summed E-state index contributed by atoms with van der Waals surface area (Å²) in [4.78, 5) is 4.42. The summed E-state index contributed by atoms with van der Waals surface area (Å²) in [6.45, 7) is 4.36. The highest BCUT2D eigenvalue weighted by atomic mass is 16.3. The molecule has 2 atom stereocenters. The van der Waals surface area contributed by atoms with Gasteiger partial charge in [-0.05, 0) is 72.9 Å². The maximum atomic E-state index is 9.99. The number of nitrogens with zero attached hydrogens (tertiary/aromatic N) is 1. The molecule has 0 heterocycles. The van der Waals surface area contributed by atoms with Crippen LogP contribution in [0.25, 0.3) is 0 Å². The minimum Gasteiger partial charge on any atom is -0.508 e. The van der Waals surface area contributed by atoms with Gasteiger partial charge in [-0.3, -0.25) is 4.99 Å². The van der Waals surface area contributed by atoms with Gasteiger partial charge in [0.05, 0.1) is 5.71 Å². The van der Waals surface area contributed by atoms with Gasteiger partial charge in [0.2, 0.25) is 0 Å². The van der Waals surface area contributed by atoms with E-state index in [1.807, 2.05) is 32.2 Å². The van der Waals surface area contributed by atoms with Crippen molar-refractivity contribution < 1.29 is 5.11 Å². The highest BCUT2D eigenvalue weighted by Crippen LogP contribution is 2.39. The van der Waals surface area contributed by atoms with Crippen molar-refractivity contribution in [3.05, 3.63) is 76.9 Å². The Hall–Kier alpha value is -2.35. The smallest absolute Gasteiger partial charge is 0.116 e. The van der Waals surface area contributed by atoms with E-state index in [9.17, 15) is 5.11 Å². The predicted molar refractivity (Wildman–Crippen MR) is 106 cm³/mol. The van der Waals surface area contributed by atoms with Crippen molar-refractivity contribution in [2.75, 3.05) is 7.05 Å². The molecule has 2 heteroatoms. The molecular formula is C23H27NO. The number of phenols is 1. The lowest BCUT2D eigenvalue weighted by Gasteiger charge is -2.32. The molecule has 0 amide bonds. The predicted octanol–water partition coefficient (Wildman–Crippen LogP) is 5.30. The average molecular weight is 333 g/mol. The molecule has 2 nitrogen and oxygen atoms in total. The highest BCUT2D eigenvalue weighted by molar-refractivity contribution is 6.09. The number of fused-ring (bicyclic) bond motifs is 1. The fraction of sp³-hybridized carbons (Fsp3) is 0.348. The lowest BCUT2D eigenvalue weighted by atomic mass is 9.73. The summed E-state index contributed by atoms with van der Waals surface area (Å²) in [5.74, 6) is 1.46. The van der Waals surface area contributed by atoms with Crippen LogP contribution in [0.4, 0.5) is 0 Å². The van der Waals surface area contributed by atoms with Gasteiger partial charge in [0.1, 0.15) is 5.75 Å². The zero-order valence-electron chi connectivity index (χ0n) is 15.4. The first-order valence-corrected chi connectivity index (χ1v) is 9.13. The number of aliphatic imine (C=N–C) groups is 1. The van der Waals surface area contributed by atoms with Crippen LogP contribution >= 0.6 is 0 Å². The van der Waals surface area contributed by atoms with Gasteiger partial charge in [-0.25, -0.2) is 0 Å². The Kier molecular flexibility index (Phi) is 5.37. The molecule has 1 aliphatic carbocycles. The Labute approximate surface area is 150 Å². The third-order valence-electron chi connectivity index (χ3n) is 5.39. The molecule has 2 aromatic carbocycles. The molecular weight excluding hydrogens is 306 g/mol. The fourth-order valence-electron chi connectivity index (χ4n) is 3.99. The van der Waals surface area contributed by atoms with E-state index in [1.54, 1.807) is 6.07 Å². The van der Waals surface area contributed by atoms with Gasteiger partial charge in [0.25, 0.3) is 0 Å². The molecule has 0 fully saturated rings. The van der Waals surface area contributed by atoms with Crippen LogP contribution in [-0.4, -0.2) is 17.9 Å². The molecule has 0 radical (unpaired) electrons. The number of hydrogen-bond acceptors (Lipinski definition) is 2. The SMILES string of the molecule is C/C=C\C(=NC)c1cc(O)ccc1C[C@H]1c2ccccc2CCC1C. The Morgan fingerprint density at radius 3 is 2.80 bits per heavy atom. The van der Waals surface area contributed by atoms with Crippen molar-refractivity contribution in [2.45, 2.75) is 39.0 Å². The summed E-state index contributed by atoms with van der Waals surface area (Å²) in [6, 6.07) is 14.6. The average Bonchev–Trinajstić information content (AvgIpc) is 2.63. The lowest BCUT2D eigenvalue weighted by molar-refractivity contribution is 0.400. The number of rotatable bonds is 4. The summed E-state index contributed by atoms with van der Waals surface area (Å²) in [7, 11) is 1.81. The number of aromatic hydroxyl groups is 1. The zero-order chi connectivity index (χ0) is 17.8. The molecule has 130 valence electrons. The van der Waals surface area contributed by atoms with E-state index in [0.29, 0.717) is 17.6 Å². The Morgan fingerprint density at radius 1 is 1.24 bits per heavy atom. The largest absolute Gasteiger partial charge is 0.508 e. The lowest BCUT2D eigenvalue weighted by Crippen LogP contribution is -2.21. The Morgan fingerprint density at radius 2 is 2.04 bits per heavy atom. The van der Waals surface area contributed by atoms with Gasteiger partial charge in [-0.1, -0.05) is 43.3 Å². The first kappa shape index (κ1) is 17.5. The van der Waals surface area contributed by atoms with Crippen molar-refractivity contribution in [1.29, 1.82) is 0 Å². The van der Waals surface area contributed by atoms with Gasteiger partial charge in [0, 0.05) is 12.6 Å². The van der Waals surface area contributed by atoms with E-state index in [-0.39, 0.29) is 0 Å². The summed E-state index contributed by atoms with van der Waals surface area (Å²) < 4.78 is 0. The molecule has 0 aromatic heterocycles. The molecule has 0 spiro atoms. The maximum absolute atomic E-state index is 9.99. The topological polar surface area (TPSA) is 32.6 Å². The van der Waals surface area contributed by atoms with E-state index in [0.717, 1.165) is 17.7 Å². The van der Waals surface area contributed by atoms with E-state index < -0.39 is 0 Å². The first-order chi connectivity index (χ1) is 12.1. The number of aryl methyl sites for hydroxylation is 1. The number of allylic oxidation sites excluding steroid dienone is 2. The van der Waals surface area contributed by atoms with Crippen LogP contribution in [0, 0.1) is 5.92 Å². The van der Waals surface area contributed by atoms with Crippen LogP contribution in [0.2, 0.25) is 0 Å². The molecule has 2 aromatic rings. The van der Waals surface area contributed by atoms with Gasteiger partial charge in [-0.15, -0.1) is 0 Å². The maximum Gasteiger partial charge on any atom is 0.116 e. The molecule has 1 unspecified atom stereocenters. The minimum atomic E-state index is 0.293. The summed E-state index contributed by atoms with van der Waals surface area (Å²) in [6.07, 6.45) is 7.39. The second-order valence-corrected chi connectivity index (χ2v) is 6.98. The fourth-order valence-corrected chi connectivity index (χ4v) is 3.99. The summed E-state index contributed by atoms with van der Waals surface area (Å²) in [5, 5.41) is 9.99. The van der Waals surface area contributed by atoms with Gasteiger partial charge in [0.15, 0.2) is 0 Å². The van der Waals surface area contributed by atoms with Crippen molar-refractivity contribution >= 4 is 5.71 Å². The molecule has 1 N–H and O–H groups in total. The quantitative estimate of drug-likeness (QED) is 0.757. The van der Waals surface area contributed by atoms with Crippen LogP contribution in [0.5, 0.6) is 5.75 Å². The van der Waals surface area contributed by atoms with Crippen molar-refractivity contribution in [2.24, 2.45) is 10.9 Å². The normalized spacial score (nSPS) is 20.7. The monoisotopic (exact) mass is 333 g/mol. The van der Waals surface area contributed by atoms with Gasteiger partial charge < -0.3 is 5.11 Å². The van der Waals surface area contributed by atoms with Gasteiger partial charge >= 0.3 is 0 Å². The summed E-state index contributed by atoms with van der Waals surface area (Å²) in [5.41, 5.74) is 6.19. The number of benzene rings is 2. The minimum absolute atomic E-state index is 0.293. The molecule has 1 aliphatic rings. The van der Waals surface area contributed by atoms with Crippen molar-refractivity contribution in [3.8, 4) is 5.75 Å². The highest BCUT2D eigenvalue weighted by Gasteiger charge is 2.27. The molecule has 0 bridgehead atoms. The third-order valence-corrected chi connectivity index (χ3v) is 5.39. The number of hydrogen-bond donors (Lipinski definition) is 1. The Balaban J connectivity index is 2.01. The zero-order valence-corrected chi connectivity index (χ0v) is 15.4. The second kappa shape index (κ2) is 7.69.